The summed E-state index contributed by atoms with van der Waals surface area (Å²) in [4.78, 5) is 30.8. The molecule has 1 unspecified atom stereocenters. The van der Waals surface area contributed by atoms with Crippen molar-refractivity contribution < 1.29 is 27.2 Å². The summed E-state index contributed by atoms with van der Waals surface area (Å²) in [5.41, 5.74) is -0.735. The number of nitrogens with zero attached hydrogens (tertiary/aromatic N) is 4. The summed E-state index contributed by atoms with van der Waals surface area (Å²) in [6.07, 6.45) is -2.01. The first kappa shape index (κ1) is 20.5. The quantitative estimate of drug-likeness (QED) is 0.636. The minimum atomic E-state index is -4.50. The van der Waals surface area contributed by atoms with Gasteiger partial charge in [0.15, 0.2) is 11.6 Å². The molecule has 3 aromatic rings. The van der Waals surface area contributed by atoms with E-state index in [2.05, 4.69) is 15.4 Å². The molecule has 4 rings (SSSR count). The monoisotopic (exact) mass is 433 g/mol. The van der Waals surface area contributed by atoms with Crippen LogP contribution >= 0.6 is 0 Å². The maximum Gasteiger partial charge on any atom is 0.416 e. The van der Waals surface area contributed by atoms with Gasteiger partial charge in [0.25, 0.3) is 11.8 Å². The number of alkyl halides is 3. The van der Waals surface area contributed by atoms with Crippen molar-refractivity contribution in [2.75, 3.05) is 16.8 Å². The van der Waals surface area contributed by atoms with Gasteiger partial charge in [0.2, 0.25) is 0 Å². The number of carbonyl (C=O) groups is 2. The van der Waals surface area contributed by atoms with Crippen LogP contribution in [0.25, 0.3) is 0 Å². The van der Waals surface area contributed by atoms with E-state index in [1.54, 1.807) is 6.92 Å². The molecule has 0 bridgehead atoms. The molecule has 0 saturated heterocycles. The van der Waals surface area contributed by atoms with Crippen molar-refractivity contribution in [3.8, 4) is 0 Å². The lowest BCUT2D eigenvalue weighted by Gasteiger charge is -2.32. The molecule has 1 aromatic carbocycles. The van der Waals surface area contributed by atoms with E-state index in [-0.39, 0.29) is 35.3 Å². The van der Waals surface area contributed by atoms with Crippen molar-refractivity contribution in [2.24, 2.45) is 0 Å². The number of halogens is 4. The largest absolute Gasteiger partial charge is 0.416 e. The van der Waals surface area contributed by atoms with Crippen molar-refractivity contribution in [1.82, 2.24) is 14.8 Å². The zero-order valence-electron chi connectivity index (χ0n) is 16.0. The van der Waals surface area contributed by atoms with Gasteiger partial charge in [-0.1, -0.05) is 0 Å². The van der Waals surface area contributed by atoms with Crippen molar-refractivity contribution in [1.29, 1.82) is 0 Å². The van der Waals surface area contributed by atoms with Gasteiger partial charge in [-0.3, -0.25) is 14.3 Å². The Bertz CT molecular complexity index is 1160. The van der Waals surface area contributed by atoms with Crippen LogP contribution in [0.3, 0.4) is 0 Å². The third-order valence-electron chi connectivity index (χ3n) is 4.85. The molecule has 0 radical (unpaired) electrons. The molecule has 0 aliphatic carbocycles. The van der Waals surface area contributed by atoms with E-state index in [9.17, 15) is 27.2 Å². The molecule has 2 aromatic heterocycles. The Hall–Kier alpha value is -3.76. The highest BCUT2D eigenvalue weighted by Gasteiger charge is 2.36. The number of rotatable bonds is 3. The number of aromatic nitrogens is 3. The summed E-state index contributed by atoms with van der Waals surface area (Å²) in [5.74, 6) is -2.44. The Morgan fingerprint density at radius 3 is 2.55 bits per heavy atom. The first-order chi connectivity index (χ1) is 14.7. The van der Waals surface area contributed by atoms with E-state index < -0.39 is 29.4 Å². The SMILES string of the molecule is CC1CN(c2ccc(C(F)(F)F)cc2)C(=O)c2c(C(=O)Nc3ncccc3F)cnn21. The molecule has 0 spiro atoms. The molecular weight excluding hydrogens is 418 g/mol. The van der Waals surface area contributed by atoms with Gasteiger partial charge in [-0.15, -0.1) is 0 Å². The fraction of sp³-hybridized carbons (Fsp3) is 0.200. The maximum absolute atomic E-state index is 13.8. The fourth-order valence-electron chi connectivity index (χ4n) is 3.33. The van der Waals surface area contributed by atoms with Crippen LogP contribution in [0.2, 0.25) is 0 Å². The smallest absolute Gasteiger partial charge is 0.305 e. The topological polar surface area (TPSA) is 80.1 Å². The number of amides is 2. The minimum absolute atomic E-state index is 0.0486. The van der Waals surface area contributed by atoms with Gasteiger partial charge in [0.05, 0.1) is 23.4 Å². The molecular formula is C20H15F4N5O2. The molecule has 11 heteroatoms. The standard InChI is InChI=1S/C20H15F4N5O2/c1-11-10-28(13-6-4-12(5-7-13)20(22,23)24)19(31)16-14(9-26-29(11)16)18(30)27-17-15(21)3-2-8-25-17/h2-9,11H,10H2,1H3,(H,25,27,30). The highest BCUT2D eigenvalue weighted by molar-refractivity contribution is 6.15. The molecule has 2 amide bonds. The Morgan fingerprint density at radius 2 is 1.90 bits per heavy atom. The molecule has 1 atom stereocenters. The number of fused-ring (bicyclic) bond motifs is 1. The van der Waals surface area contributed by atoms with E-state index >= 15 is 0 Å². The molecule has 3 heterocycles. The average Bonchev–Trinajstić information content (AvgIpc) is 3.18. The number of nitrogens with one attached hydrogen (secondary N) is 1. The van der Waals surface area contributed by atoms with Crippen LogP contribution in [0.1, 0.15) is 39.4 Å². The number of pyridine rings is 1. The predicted octanol–water partition coefficient (Wildman–Crippen LogP) is 3.91. The van der Waals surface area contributed by atoms with Crippen molar-refractivity contribution >= 4 is 23.3 Å². The Morgan fingerprint density at radius 1 is 1.19 bits per heavy atom. The molecule has 0 fully saturated rings. The van der Waals surface area contributed by atoms with Gasteiger partial charge in [-0.05, 0) is 43.3 Å². The third kappa shape index (κ3) is 3.74. The number of carbonyl (C=O) groups excluding carboxylic acids is 2. The summed E-state index contributed by atoms with van der Waals surface area (Å²) in [6, 6.07) is 6.29. The molecule has 160 valence electrons. The fourth-order valence-corrected chi connectivity index (χ4v) is 3.33. The molecule has 0 saturated carbocycles. The average molecular weight is 433 g/mol. The van der Waals surface area contributed by atoms with Crippen LogP contribution in [0, 0.1) is 5.82 Å². The Kier molecular flexibility index (Phi) is 4.96. The normalized spacial score (nSPS) is 16.2. The van der Waals surface area contributed by atoms with Crippen LogP contribution < -0.4 is 10.2 Å². The van der Waals surface area contributed by atoms with Gasteiger partial charge in [-0.2, -0.15) is 18.3 Å². The van der Waals surface area contributed by atoms with E-state index in [0.717, 1.165) is 18.2 Å². The molecule has 31 heavy (non-hydrogen) atoms. The van der Waals surface area contributed by atoms with Gasteiger partial charge >= 0.3 is 6.18 Å². The van der Waals surface area contributed by atoms with E-state index in [0.29, 0.717) is 0 Å². The van der Waals surface area contributed by atoms with Crippen LogP contribution in [0.15, 0.2) is 48.8 Å². The predicted molar refractivity (Wildman–Crippen MR) is 102 cm³/mol. The summed E-state index contributed by atoms with van der Waals surface area (Å²) < 4.78 is 53.7. The van der Waals surface area contributed by atoms with Crippen molar-refractivity contribution in [2.45, 2.75) is 19.1 Å². The van der Waals surface area contributed by atoms with Gasteiger partial charge in [-0.25, -0.2) is 9.37 Å². The summed E-state index contributed by atoms with van der Waals surface area (Å²) in [6.45, 7) is 1.90. The van der Waals surface area contributed by atoms with Crippen LogP contribution in [0.4, 0.5) is 29.1 Å². The van der Waals surface area contributed by atoms with Gasteiger partial charge in [0, 0.05) is 18.4 Å². The summed E-state index contributed by atoms with van der Waals surface area (Å²) in [5, 5.41) is 6.40. The molecule has 1 aliphatic heterocycles. The number of benzene rings is 1. The van der Waals surface area contributed by atoms with Crippen LogP contribution in [-0.4, -0.2) is 33.1 Å². The van der Waals surface area contributed by atoms with E-state index in [1.165, 1.54) is 40.2 Å². The highest BCUT2D eigenvalue weighted by atomic mass is 19.4. The van der Waals surface area contributed by atoms with Gasteiger partial charge < -0.3 is 10.2 Å². The zero-order chi connectivity index (χ0) is 22.3. The first-order valence-corrected chi connectivity index (χ1v) is 9.15. The van der Waals surface area contributed by atoms with Crippen LogP contribution in [0.5, 0.6) is 0 Å². The van der Waals surface area contributed by atoms with Gasteiger partial charge in [0.1, 0.15) is 5.69 Å². The lowest BCUT2D eigenvalue weighted by Crippen LogP contribution is -2.43. The highest BCUT2D eigenvalue weighted by Crippen LogP contribution is 2.33. The second kappa shape index (κ2) is 7.49. The minimum Gasteiger partial charge on any atom is -0.305 e. The summed E-state index contributed by atoms with van der Waals surface area (Å²) >= 11 is 0. The Labute approximate surface area is 173 Å². The number of hydrogen-bond acceptors (Lipinski definition) is 4. The number of hydrogen-bond donors (Lipinski definition) is 1. The van der Waals surface area contributed by atoms with Crippen molar-refractivity contribution in [3.63, 3.8) is 0 Å². The zero-order valence-corrected chi connectivity index (χ0v) is 16.0. The molecule has 1 aliphatic rings. The lowest BCUT2D eigenvalue weighted by atomic mass is 10.1. The second-order valence-corrected chi connectivity index (χ2v) is 6.95. The second-order valence-electron chi connectivity index (χ2n) is 6.95. The molecule has 7 nitrogen and oxygen atoms in total. The van der Waals surface area contributed by atoms with E-state index in [1.807, 2.05) is 0 Å². The number of anilines is 2. The third-order valence-corrected chi connectivity index (χ3v) is 4.85. The summed E-state index contributed by atoms with van der Waals surface area (Å²) in [7, 11) is 0. The van der Waals surface area contributed by atoms with E-state index in [4.69, 9.17) is 0 Å². The lowest BCUT2D eigenvalue weighted by molar-refractivity contribution is -0.137. The first-order valence-electron chi connectivity index (χ1n) is 9.15. The van der Waals surface area contributed by atoms with Crippen LogP contribution in [-0.2, 0) is 6.18 Å². The maximum atomic E-state index is 13.8. The van der Waals surface area contributed by atoms with Crippen molar-refractivity contribution in [3.05, 3.63) is 71.4 Å². The molecule has 1 N–H and O–H groups in total. The Balaban J connectivity index is 1.66.